The molecule has 4 aliphatic rings. The number of nitrogens with zero attached hydrogens (tertiary/aromatic N) is 1. The van der Waals surface area contributed by atoms with Gasteiger partial charge >= 0.3 is 6.18 Å². The number of nitro groups is 1. The summed E-state index contributed by atoms with van der Waals surface area (Å²) in [6.45, 7) is 2.53. The molecular weight excluding hydrogens is 505 g/mol. The quantitative estimate of drug-likeness (QED) is 0.361. The number of benzene rings is 1. The van der Waals surface area contributed by atoms with Crippen LogP contribution in [0, 0.1) is 27.4 Å². The van der Waals surface area contributed by atoms with Crippen molar-refractivity contribution in [3.63, 3.8) is 0 Å². The zero-order valence-corrected chi connectivity index (χ0v) is 20.5. The standard InChI is InChI=1S/C22H27F3N4O6S/c1-19(2,28-36(34,35)14-3-4-16(29(32)33)15(6-14)22(23,24)25)18(31)27-21-9-12-5-13(10-21)8-20(7-12,11-21)17(26)30/h3-4,6,12-13,28H,5,7-11H2,1-2H3,(H2,26,30)(H,27,31). The van der Waals surface area contributed by atoms with Crippen LogP contribution in [-0.2, 0) is 25.8 Å². The highest BCUT2D eigenvalue weighted by molar-refractivity contribution is 7.89. The number of carbonyl (C=O) groups excluding carboxylic acids is 2. The minimum Gasteiger partial charge on any atom is -0.369 e. The first-order valence-corrected chi connectivity index (χ1v) is 12.9. The molecule has 5 rings (SSSR count). The zero-order valence-electron chi connectivity index (χ0n) is 19.6. The Labute approximate surface area is 205 Å². The maximum Gasteiger partial charge on any atom is 0.423 e. The number of sulfonamides is 1. The summed E-state index contributed by atoms with van der Waals surface area (Å²) in [5.74, 6) is -0.695. The Hall–Kier alpha value is -2.74. The summed E-state index contributed by atoms with van der Waals surface area (Å²) in [7, 11) is -4.69. The molecule has 0 aliphatic heterocycles. The molecule has 0 spiro atoms. The lowest BCUT2D eigenvalue weighted by Crippen LogP contribution is -2.68. The average molecular weight is 533 g/mol. The number of rotatable bonds is 7. The van der Waals surface area contributed by atoms with Gasteiger partial charge in [0, 0.05) is 11.6 Å². The van der Waals surface area contributed by atoms with Crippen molar-refractivity contribution in [1.29, 1.82) is 0 Å². The number of hydrogen-bond donors (Lipinski definition) is 3. The van der Waals surface area contributed by atoms with Crippen molar-refractivity contribution < 1.29 is 36.1 Å². The fraction of sp³-hybridized carbons (Fsp3) is 0.636. The van der Waals surface area contributed by atoms with Crippen LogP contribution in [0.25, 0.3) is 0 Å². The molecule has 36 heavy (non-hydrogen) atoms. The van der Waals surface area contributed by atoms with Crippen molar-refractivity contribution in [3.05, 3.63) is 33.9 Å². The molecule has 0 heterocycles. The summed E-state index contributed by atoms with van der Waals surface area (Å²) in [5.41, 5.74) is -0.517. The van der Waals surface area contributed by atoms with E-state index in [1.165, 1.54) is 13.8 Å². The van der Waals surface area contributed by atoms with E-state index < -0.39 is 65.6 Å². The molecule has 4 N–H and O–H groups in total. The number of nitrogens with one attached hydrogen (secondary N) is 2. The Bertz CT molecular complexity index is 1230. The second kappa shape index (κ2) is 8.13. The Morgan fingerprint density at radius 1 is 1.14 bits per heavy atom. The Balaban J connectivity index is 1.57. The van der Waals surface area contributed by atoms with Crippen LogP contribution in [0.15, 0.2) is 23.1 Å². The molecule has 4 saturated carbocycles. The maximum atomic E-state index is 13.3. The number of nitrogens with two attached hydrogens (primary N) is 1. The average Bonchev–Trinajstić information content (AvgIpc) is 2.70. The maximum absolute atomic E-state index is 13.3. The molecular formula is C22H27F3N4O6S. The van der Waals surface area contributed by atoms with Gasteiger partial charge in [-0.25, -0.2) is 8.42 Å². The van der Waals surface area contributed by atoms with E-state index in [0.29, 0.717) is 44.2 Å². The topological polar surface area (TPSA) is 162 Å². The minimum absolute atomic E-state index is 0.171. The SMILES string of the molecule is CC(C)(NS(=O)(=O)c1ccc([N+](=O)[O-])c(C(F)(F)F)c1)C(=O)NC12CC3CC(C1)CC(C(N)=O)(C3)C2. The largest absolute Gasteiger partial charge is 0.423 e. The molecule has 0 radical (unpaired) electrons. The molecule has 2 atom stereocenters. The van der Waals surface area contributed by atoms with E-state index in [4.69, 9.17) is 5.73 Å². The summed E-state index contributed by atoms with van der Waals surface area (Å²) >= 11 is 0. The molecule has 4 fully saturated rings. The first-order valence-electron chi connectivity index (χ1n) is 11.4. The summed E-state index contributed by atoms with van der Waals surface area (Å²) in [6.07, 6.45) is -1.30. The Kier molecular flexibility index (Phi) is 5.95. The van der Waals surface area contributed by atoms with E-state index in [2.05, 4.69) is 10.0 Å². The van der Waals surface area contributed by atoms with Gasteiger partial charge in [0.25, 0.3) is 5.69 Å². The van der Waals surface area contributed by atoms with Gasteiger partial charge in [-0.2, -0.15) is 17.9 Å². The lowest BCUT2D eigenvalue weighted by Gasteiger charge is -2.61. The first-order chi connectivity index (χ1) is 16.4. The van der Waals surface area contributed by atoms with Crippen molar-refractivity contribution in [2.24, 2.45) is 23.0 Å². The van der Waals surface area contributed by atoms with Crippen LogP contribution in [0.2, 0.25) is 0 Å². The first kappa shape index (κ1) is 26.3. The highest BCUT2D eigenvalue weighted by Crippen LogP contribution is 2.61. The number of alkyl halides is 3. The molecule has 14 heteroatoms. The molecule has 4 aliphatic carbocycles. The fourth-order valence-corrected chi connectivity index (χ4v) is 8.01. The van der Waals surface area contributed by atoms with E-state index in [-0.39, 0.29) is 17.9 Å². The Morgan fingerprint density at radius 2 is 1.72 bits per heavy atom. The molecule has 2 amide bonds. The predicted molar refractivity (Wildman–Crippen MR) is 120 cm³/mol. The molecule has 2 unspecified atom stereocenters. The number of amides is 2. The minimum atomic E-state index is -5.17. The van der Waals surface area contributed by atoms with Gasteiger partial charge in [-0.3, -0.25) is 19.7 Å². The summed E-state index contributed by atoms with van der Waals surface area (Å²) in [6, 6.07) is 1.31. The van der Waals surface area contributed by atoms with E-state index in [0.717, 1.165) is 6.42 Å². The summed E-state index contributed by atoms with van der Waals surface area (Å²) in [5, 5.41) is 13.9. The van der Waals surface area contributed by atoms with Crippen LogP contribution in [0.5, 0.6) is 0 Å². The lowest BCUT2D eigenvalue weighted by atomic mass is 9.46. The van der Waals surface area contributed by atoms with Gasteiger partial charge in [0.05, 0.1) is 15.2 Å². The predicted octanol–water partition coefficient (Wildman–Crippen LogP) is 2.61. The van der Waals surface area contributed by atoms with Gasteiger partial charge < -0.3 is 11.1 Å². The van der Waals surface area contributed by atoms with Crippen LogP contribution in [0.3, 0.4) is 0 Å². The molecule has 198 valence electrons. The molecule has 0 saturated heterocycles. The fourth-order valence-electron chi connectivity index (χ4n) is 6.60. The normalized spacial score (nSPS) is 29.7. The number of hydrogen-bond acceptors (Lipinski definition) is 6. The summed E-state index contributed by atoms with van der Waals surface area (Å²) < 4.78 is 68.0. The van der Waals surface area contributed by atoms with Crippen molar-refractivity contribution in [3.8, 4) is 0 Å². The number of primary amides is 1. The van der Waals surface area contributed by atoms with E-state index in [1.54, 1.807) is 0 Å². The molecule has 0 aromatic heterocycles. The molecule has 1 aromatic carbocycles. The van der Waals surface area contributed by atoms with Crippen molar-refractivity contribution in [1.82, 2.24) is 10.0 Å². The van der Waals surface area contributed by atoms with Gasteiger partial charge in [0.2, 0.25) is 21.8 Å². The van der Waals surface area contributed by atoms with E-state index in [1.807, 2.05) is 0 Å². The number of halogens is 3. The van der Waals surface area contributed by atoms with Gasteiger partial charge in [0.15, 0.2) is 0 Å². The van der Waals surface area contributed by atoms with Crippen LogP contribution < -0.4 is 15.8 Å². The van der Waals surface area contributed by atoms with E-state index >= 15 is 0 Å². The zero-order chi connectivity index (χ0) is 26.9. The number of nitro benzene ring substituents is 1. The lowest BCUT2D eigenvalue weighted by molar-refractivity contribution is -0.388. The third-order valence-corrected chi connectivity index (χ3v) is 9.35. The molecule has 4 bridgehead atoms. The van der Waals surface area contributed by atoms with Crippen LogP contribution in [-0.4, -0.2) is 36.2 Å². The highest BCUT2D eigenvalue weighted by Gasteiger charge is 2.61. The third-order valence-electron chi connectivity index (χ3n) is 7.70. The van der Waals surface area contributed by atoms with Gasteiger partial charge in [-0.1, -0.05) is 0 Å². The van der Waals surface area contributed by atoms with Crippen LogP contribution in [0.1, 0.15) is 57.9 Å². The third kappa shape index (κ3) is 4.56. The molecule has 10 nitrogen and oxygen atoms in total. The number of carbonyl (C=O) groups is 2. The van der Waals surface area contributed by atoms with Crippen LogP contribution >= 0.6 is 0 Å². The Morgan fingerprint density at radius 3 is 2.22 bits per heavy atom. The smallest absolute Gasteiger partial charge is 0.369 e. The van der Waals surface area contributed by atoms with Gasteiger partial charge in [-0.05, 0) is 76.3 Å². The highest BCUT2D eigenvalue weighted by atomic mass is 32.2. The van der Waals surface area contributed by atoms with Crippen molar-refractivity contribution in [2.75, 3.05) is 0 Å². The van der Waals surface area contributed by atoms with Crippen LogP contribution in [0.4, 0.5) is 18.9 Å². The molecule has 1 aromatic rings. The van der Waals surface area contributed by atoms with Crippen molar-refractivity contribution >= 4 is 27.5 Å². The second-order valence-electron chi connectivity index (χ2n) is 11.0. The second-order valence-corrected chi connectivity index (χ2v) is 12.7. The monoisotopic (exact) mass is 532 g/mol. The van der Waals surface area contributed by atoms with E-state index in [9.17, 15) is 41.3 Å². The van der Waals surface area contributed by atoms with Gasteiger partial charge in [-0.15, -0.1) is 0 Å². The summed E-state index contributed by atoms with van der Waals surface area (Å²) in [4.78, 5) is 34.4. The van der Waals surface area contributed by atoms with Gasteiger partial charge in [0.1, 0.15) is 11.1 Å². The van der Waals surface area contributed by atoms with Crippen molar-refractivity contribution in [2.45, 2.75) is 74.5 Å².